The van der Waals surface area contributed by atoms with E-state index in [0.717, 1.165) is 6.42 Å². The molecule has 1 amide bonds. The SMILES string of the molecule is CCCNC(NC(=O)c1ccccc1)C(Cl)(Cl)Cl. The minimum Gasteiger partial charge on any atom is -0.333 e. The van der Waals surface area contributed by atoms with Gasteiger partial charge in [-0.15, -0.1) is 0 Å². The zero-order valence-electron chi connectivity index (χ0n) is 9.92. The van der Waals surface area contributed by atoms with E-state index in [0.29, 0.717) is 12.1 Å². The molecule has 0 saturated heterocycles. The Hall–Kier alpha value is -0.480. The van der Waals surface area contributed by atoms with E-state index in [9.17, 15) is 4.79 Å². The largest absolute Gasteiger partial charge is 0.333 e. The van der Waals surface area contributed by atoms with Crippen LogP contribution in [0.2, 0.25) is 0 Å². The maximum Gasteiger partial charge on any atom is 0.252 e. The standard InChI is InChI=1S/C12H15Cl3N2O/c1-2-8-16-11(12(13,14)15)17-10(18)9-6-4-3-5-7-9/h3-7,11,16H,2,8H2,1H3,(H,17,18). The molecule has 0 radical (unpaired) electrons. The quantitative estimate of drug-likeness (QED) is 0.648. The van der Waals surface area contributed by atoms with Gasteiger partial charge in [0.25, 0.3) is 5.91 Å². The van der Waals surface area contributed by atoms with Gasteiger partial charge in [0, 0.05) is 5.56 Å². The lowest BCUT2D eigenvalue weighted by Gasteiger charge is -2.26. The van der Waals surface area contributed by atoms with Crippen LogP contribution in [0.3, 0.4) is 0 Å². The van der Waals surface area contributed by atoms with Crippen molar-refractivity contribution >= 4 is 40.7 Å². The van der Waals surface area contributed by atoms with Crippen LogP contribution in [0.15, 0.2) is 30.3 Å². The Morgan fingerprint density at radius 3 is 2.39 bits per heavy atom. The molecule has 2 N–H and O–H groups in total. The summed E-state index contributed by atoms with van der Waals surface area (Å²) in [5.41, 5.74) is 0.523. The number of rotatable bonds is 5. The van der Waals surface area contributed by atoms with Crippen LogP contribution >= 0.6 is 34.8 Å². The molecular formula is C12H15Cl3N2O. The number of hydrogen-bond acceptors (Lipinski definition) is 2. The highest BCUT2D eigenvalue weighted by Gasteiger charge is 2.33. The molecule has 18 heavy (non-hydrogen) atoms. The van der Waals surface area contributed by atoms with Gasteiger partial charge in [0.05, 0.1) is 0 Å². The second-order valence-electron chi connectivity index (χ2n) is 3.77. The number of benzene rings is 1. The molecule has 1 aromatic rings. The number of amides is 1. The Kier molecular flexibility index (Phi) is 6.22. The number of nitrogens with one attached hydrogen (secondary N) is 2. The van der Waals surface area contributed by atoms with Gasteiger partial charge in [-0.25, -0.2) is 0 Å². The van der Waals surface area contributed by atoms with Gasteiger partial charge in [0.2, 0.25) is 3.79 Å². The Morgan fingerprint density at radius 2 is 1.89 bits per heavy atom. The fourth-order valence-corrected chi connectivity index (χ4v) is 1.74. The van der Waals surface area contributed by atoms with Crippen molar-refractivity contribution in [2.24, 2.45) is 0 Å². The molecule has 0 heterocycles. The molecule has 0 aromatic heterocycles. The summed E-state index contributed by atoms with van der Waals surface area (Å²) >= 11 is 17.5. The van der Waals surface area contributed by atoms with Gasteiger partial charge in [-0.1, -0.05) is 59.9 Å². The molecule has 6 heteroatoms. The number of hydrogen-bond donors (Lipinski definition) is 2. The van der Waals surface area contributed by atoms with Gasteiger partial charge in [0.1, 0.15) is 6.17 Å². The predicted molar refractivity (Wildman–Crippen MR) is 76.3 cm³/mol. The molecule has 0 aliphatic carbocycles. The van der Waals surface area contributed by atoms with E-state index >= 15 is 0 Å². The Morgan fingerprint density at radius 1 is 1.28 bits per heavy atom. The molecule has 1 aromatic carbocycles. The normalized spacial score (nSPS) is 13.1. The van der Waals surface area contributed by atoms with Crippen molar-refractivity contribution in [3.63, 3.8) is 0 Å². The van der Waals surface area contributed by atoms with Crippen molar-refractivity contribution in [3.8, 4) is 0 Å². The predicted octanol–water partition coefficient (Wildman–Crippen LogP) is 3.11. The highest BCUT2D eigenvalue weighted by molar-refractivity contribution is 6.68. The molecule has 3 nitrogen and oxygen atoms in total. The van der Waals surface area contributed by atoms with Crippen LogP contribution in [-0.4, -0.2) is 22.4 Å². The van der Waals surface area contributed by atoms with Crippen LogP contribution in [0, 0.1) is 0 Å². The summed E-state index contributed by atoms with van der Waals surface area (Å²) in [5.74, 6) is -0.282. The molecule has 1 rings (SSSR count). The van der Waals surface area contributed by atoms with Gasteiger partial charge in [-0.05, 0) is 25.1 Å². The summed E-state index contributed by atoms with van der Waals surface area (Å²) in [5, 5.41) is 5.64. The smallest absolute Gasteiger partial charge is 0.252 e. The summed E-state index contributed by atoms with van der Waals surface area (Å²) in [6, 6.07) is 8.78. The van der Waals surface area contributed by atoms with Crippen LogP contribution in [0.25, 0.3) is 0 Å². The van der Waals surface area contributed by atoms with E-state index in [1.54, 1.807) is 24.3 Å². The van der Waals surface area contributed by atoms with Crippen LogP contribution in [0.5, 0.6) is 0 Å². The van der Waals surface area contributed by atoms with Gasteiger partial charge in [0.15, 0.2) is 0 Å². The van der Waals surface area contributed by atoms with Gasteiger partial charge in [-0.2, -0.15) is 0 Å². The van der Waals surface area contributed by atoms with E-state index in [1.807, 2.05) is 13.0 Å². The average Bonchev–Trinajstić information content (AvgIpc) is 2.34. The summed E-state index contributed by atoms with van der Waals surface area (Å²) in [4.78, 5) is 11.9. The zero-order chi connectivity index (χ0) is 13.6. The van der Waals surface area contributed by atoms with E-state index in [1.165, 1.54) is 0 Å². The van der Waals surface area contributed by atoms with Gasteiger partial charge in [-0.3, -0.25) is 10.1 Å². The maximum absolute atomic E-state index is 11.9. The lowest BCUT2D eigenvalue weighted by molar-refractivity contribution is 0.0930. The monoisotopic (exact) mass is 308 g/mol. The first kappa shape index (κ1) is 15.6. The van der Waals surface area contributed by atoms with Crippen molar-refractivity contribution in [3.05, 3.63) is 35.9 Å². The van der Waals surface area contributed by atoms with Crippen LogP contribution in [0.1, 0.15) is 23.7 Å². The lowest BCUT2D eigenvalue weighted by Crippen LogP contribution is -2.53. The summed E-state index contributed by atoms with van der Waals surface area (Å²) in [7, 11) is 0. The minimum atomic E-state index is -1.60. The topological polar surface area (TPSA) is 41.1 Å². The summed E-state index contributed by atoms with van der Waals surface area (Å²) in [6.45, 7) is 2.63. The van der Waals surface area contributed by atoms with Gasteiger partial charge < -0.3 is 5.32 Å². The van der Waals surface area contributed by atoms with E-state index in [-0.39, 0.29) is 5.91 Å². The van der Waals surface area contributed by atoms with Crippen molar-refractivity contribution in [2.75, 3.05) is 6.54 Å². The fraction of sp³-hybridized carbons (Fsp3) is 0.417. The molecular weight excluding hydrogens is 295 g/mol. The summed E-state index contributed by atoms with van der Waals surface area (Å²) in [6.07, 6.45) is 0.147. The van der Waals surface area contributed by atoms with Crippen molar-refractivity contribution in [1.82, 2.24) is 10.6 Å². The average molecular weight is 310 g/mol. The molecule has 1 unspecified atom stereocenters. The third-order valence-corrected chi connectivity index (χ3v) is 2.89. The van der Waals surface area contributed by atoms with Crippen LogP contribution in [-0.2, 0) is 0 Å². The molecule has 0 fully saturated rings. The first-order chi connectivity index (χ1) is 8.45. The second-order valence-corrected chi connectivity index (χ2v) is 6.14. The molecule has 0 aliphatic rings. The Labute approximate surface area is 122 Å². The van der Waals surface area contributed by atoms with E-state index in [2.05, 4.69) is 10.6 Å². The van der Waals surface area contributed by atoms with E-state index < -0.39 is 9.96 Å². The Balaban J connectivity index is 2.69. The number of carbonyl (C=O) groups is 1. The first-order valence-corrected chi connectivity index (χ1v) is 6.74. The molecule has 0 aliphatic heterocycles. The van der Waals surface area contributed by atoms with Crippen molar-refractivity contribution < 1.29 is 4.79 Å². The van der Waals surface area contributed by atoms with Crippen molar-refractivity contribution in [1.29, 1.82) is 0 Å². The Bertz CT molecular complexity index is 379. The number of carbonyl (C=O) groups excluding carboxylic acids is 1. The second kappa shape index (κ2) is 7.19. The minimum absolute atomic E-state index is 0.282. The van der Waals surface area contributed by atoms with Crippen molar-refractivity contribution in [2.45, 2.75) is 23.3 Å². The lowest BCUT2D eigenvalue weighted by atomic mass is 10.2. The number of halogens is 3. The highest BCUT2D eigenvalue weighted by Crippen LogP contribution is 2.29. The zero-order valence-corrected chi connectivity index (χ0v) is 12.2. The third-order valence-electron chi connectivity index (χ3n) is 2.24. The molecule has 100 valence electrons. The molecule has 0 spiro atoms. The number of alkyl halides is 3. The molecule has 0 saturated carbocycles. The third kappa shape index (κ3) is 5.02. The fourth-order valence-electron chi connectivity index (χ4n) is 1.34. The van der Waals surface area contributed by atoms with Gasteiger partial charge >= 0.3 is 0 Å². The first-order valence-electron chi connectivity index (χ1n) is 5.61. The van der Waals surface area contributed by atoms with E-state index in [4.69, 9.17) is 34.8 Å². The molecule has 0 bridgehead atoms. The van der Waals surface area contributed by atoms with Crippen LogP contribution < -0.4 is 10.6 Å². The summed E-state index contributed by atoms with van der Waals surface area (Å²) < 4.78 is -1.60. The van der Waals surface area contributed by atoms with Crippen LogP contribution in [0.4, 0.5) is 0 Å². The molecule has 1 atom stereocenters. The highest BCUT2D eigenvalue weighted by atomic mass is 35.6. The maximum atomic E-state index is 11.9.